The van der Waals surface area contributed by atoms with Gasteiger partial charge in [-0.15, -0.1) is 0 Å². The van der Waals surface area contributed by atoms with E-state index >= 15 is 0 Å². The maximum absolute atomic E-state index is 12.6. The maximum atomic E-state index is 12.6. The van der Waals surface area contributed by atoms with E-state index in [4.69, 9.17) is 0 Å². The zero-order valence-corrected chi connectivity index (χ0v) is 13.8. The quantitative estimate of drug-likeness (QED) is 0.896. The van der Waals surface area contributed by atoms with Crippen LogP contribution in [0.15, 0.2) is 16.8 Å². The number of hydrogen-bond acceptors (Lipinski definition) is 3. The minimum absolute atomic E-state index is 0.00938. The van der Waals surface area contributed by atoms with Crippen LogP contribution in [0.5, 0.6) is 0 Å². The highest BCUT2D eigenvalue weighted by Crippen LogP contribution is 2.30. The molecule has 0 bridgehead atoms. The Balaban J connectivity index is 2.13. The number of amides is 1. The molecule has 0 radical (unpaired) electrons. The minimum atomic E-state index is -0.00938. The first-order chi connectivity index (χ1) is 9.42. The summed E-state index contributed by atoms with van der Waals surface area (Å²) in [7, 11) is 0. The topological polar surface area (TPSA) is 32.3 Å². The van der Waals surface area contributed by atoms with Crippen molar-refractivity contribution < 1.29 is 4.79 Å². The van der Waals surface area contributed by atoms with E-state index in [1.165, 1.54) is 5.56 Å². The molecule has 0 aromatic carbocycles. The van der Waals surface area contributed by atoms with Crippen LogP contribution in [0, 0.1) is 5.41 Å². The van der Waals surface area contributed by atoms with E-state index in [0.29, 0.717) is 0 Å². The van der Waals surface area contributed by atoms with E-state index in [2.05, 4.69) is 49.8 Å². The van der Waals surface area contributed by atoms with Crippen LogP contribution in [0.2, 0.25) is 0 Å². The summed E-state index contributed by atoms with van der Waals surface area (Å²) in [5, 5.41) is 7.74. The lowest BCUT2D eigenvalue weighted by Crippen LogP contribution is -2.33. The number of carbonyl (C=O) groups excluding carboxylic acids is 1. The Bertz CT molecular complexity index is 436. The smallest absolute Gasteiger partial charge is 0.241 e. The summed E-state index contributed by atoms with van der Waals surface area (Å²) in [5.41, 5.74) is 1.47. The van der Waals surface area contributed by atoms with Gasteiger partial charge >= 0.3 is 0 Å². The maximum Gasteiger partial charge on any atom is 0.241 e. The Kier molecular flexibility index (Phi) is 4.86. The minimum Gasteiger partial charge on any atom is -0.322 e. The number of hydrogen-bond donors (Lipinski definition) is 1. The van der Waals surface area contributed by atoms with Gasteiger partial charge in [0.25, 0.3) is 0 Å². The van der Waals surface area contributed by atoms with Crippen LogP contribution in [-0.4, -0.2) is 23.4 Å². The van der Waals surface area contributed by atoms with Crippen molar-refractivity contribution in [2.75, 3.05) is 6.54 Å². The molecule has 1 aromatic rings. The lowest BCUT2D eigenvalue weighted by molar-refractivity contribution is -0.130. The van der Waals surface area contributed by atoms with Crippen molar-refractivity contribution in [3.05, 3.63) is 22.4 Å². The van der Waals surface area contributed by atoms with Gasteiger partial charge < -0.3 is 4.90 Å². The summed E-state index contributed by atoms with van der Waals surface area (Å²) in [6.45, 7) is 9.64. The molecule has 1 amide bonds. The number of carbonyl (C=O) groups is 1. The highest BCUT2D eigenvalue weighted by Gasteiger charge is 2.39. The molecule has 4 heteroatoms. The van der Waals surface area contributed by atoms with Crippen molar-refractivity contribution in [2.24, 2.45) is 5.41 Å². The molecule has 1 aromatic heterocycles. The number of nitrogens with one attached hydrogen (secondary N) is 1. The molecule has 20 heavy (non-hydrogen) atoms. The van der Waals surface area contributed by atoms with E-state index in [-0.39, 0.29) is 23.5 Å². The van der Waals surface area contributed by atoms with E-state index in [0.717, 1.165) is 25.8 Å². The number of nitrogens with zero attached hydrogens (tertiary/aromatic N) is 1. The molecule has 0 spiro atoms. The molecule has 2 unspecified atom stereocenters. The lowest BCUT2D eigenvalue weighted by Gasteiger charge is -2.27. The van der Waals surface area contributed by atoms with Gasteiger partial charge in [-0.3, -0.25) is 10.1 Å². The zero-order chi connectivity index (χ0) is 14.8. The van der Waals surface area contributed by atoms with Crippen molar-refractivity contribution in [1.82, 2.24) is 10.2 Å². The van der Waals surface area contributed by atoms with Gasteiger partial charge in [0.15, 0.2) is 0 Å². The lowest BCUT2D eigenvalue weighted by atomic mass is 9.92. The third-order valence-electron chi connectivity index (χ3n) is 3.79. The van der Waals surface area contributed by atoms with Crippen molar-refractivity contribution in [3.63, 3.8) is 0 Å². The summed E-state index contributed by atoms with van der Waals surface area (Å²) in [5.74, 6) is 0.271. The second-order valence-electron chi connectivity index (χ2n) is 6.81. The fourth-order valence-corrected chi connectivity index (χ4v) is 3.26. The van der Waals surface area contributed by atoms with E-state index in [1.807, 2.05) is 4.90 Å². The average molecular weight is 294 g/mol. The first-order valence-electron chi connectivity index (χ1n) is 7.51. The average Bonchev–Trinajstić information content (AvgIpc) is 2.96. The van der Waals surface area contributed by atoms with Crippen molar-refractivity contribution in [1.29, 1.82) is 0 Å². The van der Waals surface area contributed by atoms with Crippen molar-refractivity contribution >= 4 is 17.2 Å². The first kappa shape index (κ1) is 15.5. The van der Waals surface area contributed by atoms with E-state index in [1.54, 1.807) is 11.3 Å². The molecule has 2 rings (SSSR count). The largest absolute Gasteiger partial charge is 0.322 e. The van der Waals surface area contributed by atoms with Crippen LogP contribution in [0.1, 0.15) is 58.7 Å². The second-order valence-corrected chi connectivity index (χ2v) is 7.59. The molecule has 1 fully saturated rings. The standard InChI is InChI=1S/C16H26N2OS/c1-5-6-13-15(19)18(9-8-16(2,3)4)14(17-13)12-7-10-20-11-12/h7,10-11,13-14,17H,5-6,8-9H2,1-4H3. The van der Waals surface area contributed by atoms with Gasteiger partial charge in [0.1, 0.15) is 6.17 Å². The molecule has 1 saturated heterocycles. The van der Waals surface area contributed by atoms with Crippen molar-refractivity contribution in [2.45, 2.75) is 59.2 Å². The Labute approximate surface area is 126 Å². The van der Waals surface area contributed by atoms with Gasteiger partial charge in [0.05, 0.1) is 6.04 Å². The highest BCUT2D eigenvalue weighted by molar-refractivity contribution is 7.07. The third kappa shape index (κ3) is 3.61. The number of thiophene rings is 1. The summed E-state index contributed by atoms with van der Waals surface area (Å²) in [6.07, 6.45) is 3.05. The van der Waals surface area contributed by atoms with Crippen LogP contribution < -0.4 is 5.32 Å². The molecule has 2 atom stereocenters. The third-order valence-corrected chi connectivity index (χ3v) is 4.49. The molecule has 3 nitrogen and oxygen atoms in total. The molecule has 1 N–H and O–H groups in total. The molecule has 1 aliphatic rings. The van der Waals surface area contributed by atoms with Crippen LogP contribution in [0.3, 0.4) is 0 Å². The van der Waals surface area contributed by atoms with E-state index < -0.39 is 0 Å². The fourth-order valence-electron chi connectivity index (χ4n) is 2.58. The van der Waals surface area contributed by atoms with E-state index in [9.17, 15) is 4.79 Å². The Morgan fingerprint density at radius 1 is 1.40 bits per heavy atom. The SMILES string of the molecule is CCCC1NC(c2ccsc2)N(CCC(C)(C)C)C1=O. The summed E-state index contributed by atoms with van der Waals surface area (Å²) in [4.78, 5) is 14.6. The molecule has 112 valence electrons. The Hall–Kier alpha value is -0.870. The predicted octanol–water partition coefficient (Wildman–Crippen LogP) is 3.78. The van der Waals surface area contributed by atoms with Crippen molar-refractivity contribution in [3.8, 4) is 0 Å². The van der Waals surface area contributed by atoms with Gasteiger partial charge in [-0.05, 0) is 40.6 Å². The van der Waals surface area contributed by atoms with Crippen LogP contribution >= 0.6 is 11.3 Å². The second kappa shape index (κ2) is 6.27. The zero-order valence-electron chi connectivity index (χ0n) is 13.0. The fraction of sp³-hybridized carbons (Fsp3) is 0.688. The van der Waals surface area contributed by atoms with Gasteiger partial charge in [-0.1, -0.05) is 34.1 Å². The summed E-state index contributed by atoms with van der Waals surface area (Å²) in [6, 6.07) is 2.11. The van der Waals surface area contributed by atoms with Gasteiger partial charge in [0.2, 0.25) is 5.91 Å². The molecule has 0 aliphatic carbocycles. The molecule has 0 saturated carbocycles. The summed E-state index contributed by atoms with van der Waals surface area (Å²) < 4.78 is 0. The Morgan fingerprint density at radius 2 is 2.15 bits per heavy atom. The van der Waals surface area contributed by atoms with Crippen LogP contribution in [-0.2, 0) is 4.79 Å². The molecular weight excluding hydrogens is 268 g/mol. The highest BCUT2D eigenvalue weighted by atomic mass is 32.1. The van der Waals surface area contributed by atoms with Gasteiger partial charge in [-0.2, -0.15) is 11.3 Å². The normalized spacial score (nSPS) is 23.6. The molecular formula is C16H26N2OS. The summed E-state index contributed by atoms with van der Waals surface area (Å²) >= 11 is 1.69. The first-order valence-corrected chi connectivity index (χ1v) is 8.45. The van der Waals surface area contributed by atoms with Gasteiger partial charge in [-0.25, -0.2) is 0 Å². The van der Waals surface area contributed by atoms with Crippen LogP contribution in [0.4, 0.5) is 0 Å². The van der Waals surface area contributed by atoms with Crippen LogP contribution in [0.25, 0.3) is 0 Å². The monoisotopic (exact) mass is 294 g/mol. The van der Waals surface area contributed by atoms with Gasteiger partial charge in [0, 0.05) is 6.54 Å². The Morgan fingerprint density at radius 3 is 2.70 bits per heavy atom. The molecule has 1 aliphatic heterocycles. The number of rotatable bonds is 5. The molecule has 2 heterocycles. The predicted molar refractivity (Wildman–Crippen MR) is 84.7 cm³/mol.